The van der Waals surface area contributed by atoms with Crippen LogP contribution in [0.2, 0.25) is 0 Å². The Hall–Kier alpha value is -1.66. The number of ether oxygens (including phenoxy) is 1. The van der Waals surface area contributed by atoms with Crippen LogP contribution in [0.25, 0.3) is 0 Å². The fourth-order valence-corrected chi connectivity index (χ4v) is 10.4. The van der Waals surface area contributed by atoms with Gasteiger partial charge in [0.05, 0.1) is 25.4 Å². The van der Waals surface area contributed by atoms with Crippen LogP contribution in [0.5, 0.6) is 0 Å². The molecule has 0 saturated heterocycles. The quantitative estimate of drug-likeness (QED) is 0.0244. The number of hydrogen-bond donors (Lipinski definition) is 3. The molecule has 72 heavy (non-hydrogen) atoms. The topological polar surface area (TPSA) is 95.9 Å². The third-order valence-electron chi connectivity index (χ3n) is 15.4. The third-order valence-corrected chi connectivity index (χ3v) is 15.4. The van der Waals surface area contributed by atoms with Crippen molar-refractivity contribution in [2.24, 2.45) is 0 Å². The van der Waals surface area contributed by atoms with Crippen molar-refractivity contribution in [1.29, 1.82) is 0 Å². The molecule has 0 spiro atoms. The van der Waals surface area contributed by atoms with Crippen molar-refractivity contribution < 1.29 is 24.5 Å². The summed E-state index contributed by atoms with van der Waals surface area (Å²) in [7, 11) is 0. The Morgan fingerprint density at radius 1 is 0.403 bits per heavy atom. The van der Waals surface area contributed by atoms with Gasteiger partial charge in [0.25, 0.3) is 0 Å². The van der Waals surface area contributed by atoms with Gasteiger partial charge in [-0.3, -0.25) is 4.79 Å². The summed E-state index contributed by atoms with van der Waals surface area (Å²) in [6.45, 7) is 4.90. The fraction of sp³-hybridized carbons (Fsp3) is 0.909. The zero-order chi connectivity index (χ0) is 52.2. The number of allylic oxidation sites excluding steroid dienone is 3. The van der Waals surface area contributed by atoms with Crippen molar-refractivity contribution in [2.45, 2.75) is 373 Å². The van der Waals surface area contributed by atoms with Crippen LogP contribution in [0.4, 0.5) is 0 Å². The lowest BCUT2D eigenvalue weighted by atomic mass is 10.0. The second-order valence-corrected chi connectivity index (χ2v) is 22.5. The molecule has 0 unspecified atom stereocenters. The fourth-order valence-electron chi connectivity index (χ4n) is 10.4. The first-order valence-corrected chi connectivity index (χ1v) is 32.6. The average Bonchev–Trinajstić information content (AvgIpc) is 3.38. The largest absolute Gasteiger partial charge is 0.463 e. The van der Waals surface area contributed by atoms with Gasteiger partial charge in [0.1, 0.15) is 0 Å². The lowest BCUT2D eigenvalue weighted by Crippen LogP contribution is -2.45. The summed E-state index contributed by atoms with van der Waals surface area (Å²) < 4.78 is 5.38. The van der Waals surface area contributed by atoms with Crippen LogP contribution in [-0.4, -0.2) is 47.4 Å². The molecule has 1 amide bonds. The van der Waals surface area contributed by atoms with Crippen molar-refractivity contribution in [3.8, 4) is 0 Å². The van der Waals surface area contributed by atoms with E-state index in [9.17, 15) is 19.8 Å². The zero-order valence-electron chi connectivity index (χ0n) is 48.7. The molecule has 426 valence electrons. The highest BCUT2D eigenvalue weighted by molar-refractivity contribution is 5.82. The van der Waals surface area contributed by atoms with Gasteiger partial charge in [-0.1, -0.05) is 340 Å². The Bertz CT molecular complexity index is 1120. The molecule has 0 radical (unpaired) electrons. The molecule has 0 bridgehead atoms. The number of carbonyl (C=O) groups excluding carboxylic acids is 2. The summed E-state index contributed by atoms with van der Waals surface area (Å²) in [4.78, 5) is 24.4. The van der Waals surface area contributed by atoms with E-state index < -0.39 is 12.1 Å². The van der Waals surface area contributed by atoms with Crippen LogP contribution in [0.15, 0.2) is 24.3 Å². The first-order chi connectivity index (χ1) is 35.5. The van der Waals surface area contributed by atoms with Gasteiger partial charge < -0.3 is 20.3 Å². The smallest absolute Gasteiger partial charge is 0.330 e. The second kappa shape index (κ2) is 61.9. The SMILES string of the molecule is CCCCCCCCCCCCCC=CC=CC(=O)OCCCCCCCCCCCCCCCCCCCCCCCCCCCCCC(=O)N[C@@H](CO)[C@H](O)CCCCCCCCCCCCCCC. The summed E-state index contributed by atoms with van der Waals surface area (Å²) >= 11 is 0. The van der Waals surface area contributed by atoms with Crippen molar-refractivity contribution in [3.05, 3.63) is 24.3 Å². The summed E-state index contributed by atoms with van der Waals surface area (Å²) in [5.41, 5.74) is 0. The van der Waals surface area contributed by atoms with E-state index in [0.29, 0.717) is 19.4 Å². The van der Waals surface area contributed by atoms with E-state index in [4.69, 9.17) is 4.74 Å². The molecule has 0 aromatic carbocycles. The molecule has 0 heterocycles. The van der Waals surface area contributed by atoms with Gasteiger partial charge in [0, 0.05) is 12.5 Å². The molecule has 0 aromatic rings. The van der Waals surface area contributed by atoms with Crippen molar-refractivity contribution in [2.75, 3.05) is 13.2 Å². The molecule has 6 heteroatoms. The van der Waals surface area contributed by atoms with Crippen LogP contribution in [-0.2, 0) is 14.3 Å². The lowest BCUT2D eigenvalue weighted by molar-refractivity contribution is -0.137. The van der Waals surface area contributed by atoms with Gasteiger partial charge in [0.15, 0.2) is 0 Å². The molecule has 0 aromatic heterocycles. The van der Waals surface area contributed by atoms with Crippen LogP contribution in [0.3, 0.4) is 0 Å². The van der Waals surface area contributed by atoms with E-state index in [0.717, 1.165) is 44.9 Å². The van der Waals surface area contributed by atoms with Gasteiger partial charge in [-0.2, -0.15) is 0 Å². The first kappa shape index (κ1) is 70.3. The number of hydrogen-bond acceptors (Lipinski definition) is 5. The Morgan fingerprint density at radius 2 is 0.708 bits per heavy atom. The Balaban J connectivity index is 3.36. The van der Waals surface area contributed by atoms with Crippen LogP contribution >= 0.6 is 0 Å². The molecule has 6 nitrogen and oxygen atoms in total. The van der Waals surface area contributed by atoms with E-state index >= 15 is 0 Å². The lowest BCUT2D eigenvalue weighted by Gasteiger charge is -2.22. The normalized spacial score (nSPS) is 12.7. The van der Waals surface area contributed by atoms with E-state index in [2.05, 4.69) is 25.2 Å². The molecule has 0 saturated carbocycles. The number of unbranched alkanes of at least 4 members (excludes halogenated alkanes) is 49. The summed E-state index contributed by atoms with van der Waals surface area (Å²) in [5, 5.41) is 23.3. The third kappa shape index (κ3) is 57.6. The van der Waals surface area contributed by atoms with Crippen LogP contribution < -0.4 is 5.32 Å². The molecule has 0 fully saturated rings. The van der Waals surface area contributed by atoms with Crippen LogP contribution in [0.1, 0.15) is 361 Å². The Labute approximate surface area is 450 Å². The molecule has 0 rings (SSSR count). The zero-order valence-corrected chi connectivity index (χ0v) is 48.7. The van der Waals surface area contributed by atoms with Gasteiger partial charge in [0.2, 0.25) is 5.91 Å². The number of amides is 1. The van der Waals surface area contributed by atoms with Gasteiger partial charge in [-0.15, -0.1) is 0 Å². The predicted octanol–water partition coefficient (Wildman–Crippen LogP) is 20.6. The molecule has 2 atom stereocenters. The highest BCUT2D eigenvalue weighted by atomic mass is 16.5. The molecular weight excluding hydrogens is 887 g/mol. The van der Waals surface area contributed by atoms with Gasteiger partial charge in [-0.05, 0) is 32.1 Å². The number of aliphatic hydroxyl groups is 2. The summed E-state index contributed by atoms with van der Waals surface area (Å²) in [5.74, 6) is -0.241. The minimum Gasteiger partial charge on any atom is -0.463 e. The molecule has 0 aliphatic heterocycles. The van der Waals surface area contributed by atoms with Crippen molar-refractivity contribution in [3.63, 3.8) is 0 Å². The Kier molecular flexibility index (Phi) is 60.5. The maximum absolute atomic E-state index is 12.5. The number of carbonyl (C=O) groups is 2. The minimum absolute atomic E-state index is 0.0313. The maximum Gasteiger partial charge on any atom is 0.330 e. The standard InChI is InChI=1S/C66H127NO5/c1-3-5-7-9-11-13-15-17-31-36-40-44-48-52-56-60-66(71)72-61-57-53-49-45-41-37-33-30-28-26-24-22-20-18-19-21-23-25-27-29-32-35-39-43-47-51-55-59-65(70)67-63(62-68)64(69)58-54-50-46-42-38-34-16-14-12-10-8-6-4-2/h48,52,56,60,63-64,68-69H,3-47,49-51,53-55,57-59,61-62H2,1-2H3,(H,67,70)/t63-,64+/m0/s1. The van der Waals surface area contributed by atoms with Gasteiger partial charge >= 0.3 is 5.97 Å². The van der Waals surface area contributed by atoms with E-state index in [1.54, 1.807) is 6.08 Å². The summed E-state index contributed by atoms with van der Waals surface area (Å²) in [6, 6.07) is -0.539. The summed E-state index contributed by atoms with van der Waals surface area (Å²) in [6.07, 6.45) is 76.8. The second-order valence-electron chi connectivity index (χ2n) is 22.5. The Morgan fingerprint density at radius 3 is 1.06 bits per heavy atom. The predicted molar refractivity (Wildman–Crippen MR) is 315 cm³/mol. The maximum atomic E-state index is 12.5. The highest BCUT2D eigenvalue weighted by Gasteiger charge is 2.20. The molecule has 0 aliphatic carbocycles. The molecule has 0 aliphatic rings. The highest BCUT2D eigenvalue weighted by Crippen LogP contribution is 2.19. The van der Waals surface area contributed by atoms with E-state index in [-0.39, 0.29) is 18.5 Å². The monoisotopic (exact) mass is 1010 g/mol. The molecular formula is C66H127NO5. The van der Waals surface area contributed by atoms with Crippen molar-refractivity contribution in [1.82, 2.24) is 5.32 Å². The van der Waals surface area contributed by atoms with E-state index in [1.807, 2.05) is 12.2 Å². The number of nitrogens with one attached hydrogen (secondary N) is 1. The number of rotatable bonds is 61. The van der Waals surface area contributed by atoms with Crippen LogP contribution in [0, 0.1) is 0 Å². The average molecular weight is 1010 g/mol. The van der Waals surface area contributed by atoms with E-state index in [1.165, 1.54) is 289 Å². The first-order valence-electron chi connectivity index (χ1n) is 32.6. The van der Waals surface area contributed by atoms with Crippen molar-refractivity contribution >= 4 is 11.9 Å². The molecule has 3 N–H and O–H groups in total. The van der Waals surface area contributed by atoms with Gasteiger partial charge in [-0.25, -0.2) is 4.79 Å². The number of esters is 1. The number of aliphatic hydroxyl groups excluding tert-OH is 2. The minimum atomic E-state index is -0.662.